The number of allylic oxidation sites excluding steroid dienone is 2. The third-order valence-electron chi connectivity index (χ3n) is 5.85. The highest BCUT2D eigenvalue weighted by molar-refractivity contribution is 5.99. The second kappa shape index (κ2) is 13.7. The number of hydrogen-bond acceptors (Lipinski definition) is 4. The molecule has 1 unspecified atom stereocenters. The average Bonchev–Trinajstić information content (AvgIpc) is 2.87. The SMILES string of the molecule is C=CC(C)Oc1ccc(C(O/N=C(\C)c2ccc(C)c(N/C=C/CCC)c2)=C(C)CC)cc1C(F)(F)F. The summed E-state index contributed by atoms with van der Waals surface area (Å²) in [5.41, 5.74) is 3.61. The Kier molecular flexibility index (Phi) is 11.0. The van der Waals surface area contributed by atoms with Crippen LogP contribution in [0.25, 0.3) is 5.76 Å². The maximum absolute atomic E-state index is 13.9. The minimum atomic E-state index is -4.60. The molecule has 0 aliphatic rings. The maximum Gasteiger partial charge on any atom is 0.419 e. The maximum atomic E-state index is 13.9. The molecule has 0 saturated carbocycles. The molecular weight excluding hydrogens is 477 g/mol. The van der Waals surface area contributed by atoms with Gasteiger partial charge in [-0.25, -0.2) is 0 Å². The third-order valence-corrected chi connectivity index (χ3v) is 5.85. The number of nitrogens with zero attached hydrogens (tertiary/aromatic N) is 1. The van der Waals surface area contributed by atoms with Crippen LogP contribution in [0.3, 0.4) is 0 Å². The lowest BCUT2D eigenvalue weighted by Crippen LogP contribution is -2.14. The highest BCUT2D eigenvalue weighted by Gasteiger charge is 2.35. The molecule has 0 radical (unpaired) electrons. The molecule has 37 heavy (non-hydrogen) atoms. The van der Waals surface area contributed by atoms with Crippen LogP contribution in [0.15, 0.2) is 72.1 Å². The van der Waals surface area contributed by atoms with E-state index in [1.54, 1.807) is 19.9 Å². The molecule has 4 nitrogen and oxygen atoms in total. The van der Waals surface area contributed by atoms with E-state index in [4.69, 9.17) is 9.57 Å². The zero-order valence-corrected chi connectivity index (χ0v) is 22.5. The van der Waals surface area contributed by atoms with Gasteiger partial charge in [0.15, 0.2) is 5.76 Å². The van der Waals surface area contributed by atoms with Crippen LogP contribution in [0.4, 0.5) is 18.9 Å². The van der Waals surface area contributed by atoms with E-state index in [-0.39, 0.29) is 17.1 Å². The molecule has 0 fully saturated rings. The smallest absolute Gasteiger partial charge is 0.419 e. The van der Waals surface area contributed by atoms with E-state index >= 15 is 0 Å². The molecule has 2 rings (SSSR count). The van der Waals surface area contributed by atoms with E-state index in [1.807, 2.05) is 45.2 Å². The largest absolute Gasteiger partial charge is 0.486 e. The molecule has 2 aromatic rings. The summed E-state index contributed by atoms with van der Waals surface area (Å²) in [7, 11) is 0. The quantitative estimate of drug-likeness (QED) is 0.133. The molecule has 7 heteroatoms. The number of benzene rings is 2. The van der Waals surface area contributed by atoms with Gasteiger partial charge in [0.2, 0.25) is 0 Å². The highest BCUT2D eigenvalue weighted by Crippen LogP contribution is 2.39. The Morgan fingerprint density at radius 1 is 1.11 bits per heavy atom. The summed E-state index contributed by atoms with van der Waals surface area (Å²) in [6.07, 6.45) is 2.90. The molecule has 0 bridgehead atoms. The summed E-state index contributed by atoms with van der Waals surface area (Å²) in [6.45, 7) is 14.9. The van der Waals surface area contributed by atoms with E-state index in [0.29, 0.717) is 12.1 Å². The minimum absolute atomic E-state index is 0.260. The number of anilines is 1. The average molecular weight is 515 g/mol. The molecule has 0 aromatic heterocycles. The first-order valence-corrected chi connectivity index (χ1v) is 12.5. The minimum Gasteiger partial charge on any atom is -0.486 e. The first kappa shape index (κ1) is 29.7. The van der Waals surface area contributed by atoms with Crippen molar-refractivity contribution in [3.8, 4) is 5.75 Å². The van der Waals surface area contributed by atoms with Gasteiger partial charge in [0.25, 0.3) is 0 Å². The normalized spacial score (nSPS) is 13.8. The van der Waals surface area contributed by atoms with Crippen molar-refractivity contribution in [3.63, 3.8) is 0 Å². The van der Waals surface area contributed by atoms with Crippen molar-refractivity contribution in [2.75, 3.05) is 5.32 Å². The van der Waals surface area contributed by atoms with Crippen LogP contribution < -0.4 is 10.1 Å². The van der Waals surface area contributed by atoms with Crippen LogP contribution in [0, 0.1) is 6.92 Å². The van der Waals surface area contributed by atoms with E-state index in [9.17, 15) is 13.2 Å². The number of oxime groups is 1. The summed E-state index contributed by atoms with van der Waals surface area (Å²) < 4.78 is 47.0. The van der Waals surface area contributed by atoms with Gasteiger partial charge < -0.3 is 14.9 Å². The van der Waals surface area contributed by atoms with Crippen LogP contribution in [0.5, 0.6) is 5.75 Å². The van der Waals surface area contributed by atoms with Crippen molar-refractivity contribution in [2.45, 2.75) is 73.1 Å². The van der Waals surface area contributed by atoms with Gasteiger partial charge in [0.05, 0.1) is 11.3 Å². The fourth-order valence-corrected chi connectivity index (χ4v) is 3.35. The van der Waals surface area contributed by atoms with Crippen LogP contribution in [0.2, 0.25) is 0 Å². The van der Waals surface area contributed by atoms with Crippen LogP contribution in [-0.2, 0) is 11.0 Å². The monoisotopic (exact) mass is 514 g/mol. The molecule has 0 aliphatic heterocycles. The van der Waals surface area contributed by atoms with Gasteiger partial charge in [0.1, 0.15) is 11.9 Å². The Morgan fingerprint density at radius 2 is 1.81 bits per heavy atom. The van der Waals surface area contributed by atoms with Crippen molar-refractivity contribution >= 4 is 17.2 Å². The Hall–Kier alpha value is -3.48. The lowest BCUT2D eigenvalue weighted by molar-refractivity contribution is -0.139. The Bertz CT molecular complexity index is 1160. The van der Waals surface area contributed by atoms with Gasteiger partial charge in [-0.05, 0) is 82.1 Å². The summed E-state index contributed by atoms with van der Waals surface area (Å²) in [5, 5.41) is 7.58. The molecule has 0 spiro atoms. The van der Waals surface area contributed by atoms with Gasteiger partial charge in [-0.15, -0.1) is 0 Å². The topological polar surface area (TPSA) is 42.9 Å². The van der Waals surface area contributed by atoms with Gasteiger partial charge >= 0.3 is 6.18 Å². The van der Waals surface area contributed by atoms with Gasteiger partial charge in [-0.1, -0.05) is 56.3 Å². The molecule has 0 heterocycles. The van der Waals surface area contributed by atoms with Crippen LogP contribution in [-0.4, -0.2) is 11.8 Å². The van der Waals surface area contributed by atoms with Gasteiger partial charge in [0, 0.05) is 16.8 Å². The summed E-state index contributed by atoms with van der Waals surface area (Å²) in [5.74, 6) is 0.0214. The standard InChI is InChI=1S/C30H37F3N2O2/c1-8-11-12-17-34-27-19-24(14-13-21(27)5)23(7)35-37-29(20(4)9-2)25-15-16-28(36-22(6)10-3)26(18-25)30(31,32)33/h10,12-19,22,34H,3,8-9,11H2,1-2,4-7H3/b17-12+,29-20?,35-23+. The van der Waals surface area contributed by atoms with Gasteiger partial charge in [-0.2, -0.15) is 13.2 Å². The van der Waals surface area contributed by atoms with Crippen molar-refractivity contribution < 1.29 is 22.7 Å². The van der Waals surface area contributed by atoms with Gasteiger partial charge in [-0.3, -0.25) is 0 Å². The van der Waals surface area contributed by atoms with Crippen LogP contribution in [0.1, 0.15) is 76.1 Å². The lowest BCUT2D eigenvalue weighted by Gasteiger charge is -2.18. The fourth-order valence-electron chi connectivity index (χ4n) is 3.35. The molecule has 1 atom stereocenters. The number of unbranched alkanes of at least 4 members (excludes halogenated alkanes) is 1. The predicted octanol–water partition coefficient (Wildman–Crippen LogP) is 9.27. The molecule has 200 valence electrons. The molecule has 2 aromatic carbocycles. The number of aryl methyl sites for hydroxylation is 1. The summed E-state index contributed by atoms with van der Waals surface area (Å²) in [6, 6.07) is 9.79. The Morgan fingerprint density at radius 3 is 2.43 bits per heavy atom. The second-order valence-corrected chi connectivity index (χ2v) is 8.86. The number of alkyl halides is 3. The molecule has 0 saturated heterocycles. The number of ether oxygens (including phenoxy) is 1. The number of rotatable bonds is 12. The fraction of sp³-hybridized carbons (Fsp3) is 0.367. The van der Waals surface area contributed by atoms with Crippen LogP contribution >= 0.6 is 0 Å². The first-order chi connectivity index (χ1) is 17.5. The summed E-state index contributed by atoms with van der Waals surface area (Å²) >= 11 is 0. The van der Waals surface area contributed by atoms with E-state index < -0.39 is 17.8 Å². The van der Waals surface area contributed by atoms with Crippen molar-refractivity contribution in [1.82, 2.24) is 0 Å². The first-order valence-electron chi connectivity index (χ1n) is 12.5. The summed E-state index contributed by atoms with van der Waals surface area (Å²) in [4.78, 5) is 5.80. The zero-order chi connectivity index (χ0) is 27.6. The zero-order valence-electron chi connectivity index (χ0n) is 22.5. The van der Waals surface area contributed by atoms with E-state index in [2.05, 4.69) is 30.1 Å². The number of nitrogens with one attached hydrogen (secondary N) is 1. The van der Waals surface area contributed by atoms with E-state index in [0.717, 1.165) is 41.3 Å². The predicted molar refractivity (Wildman–Crippen MR) is 147 cm³/mol. The van der Waals surface area contributed by atoms with Crippen molar-refractivity contribution in [2.24, 2.45) is 5.16 Å². The molecule has 1 N–H and O–H groups in total. The highest BCUT2D eigenvalue weighted by atomic mass is 19.4. The number of halogens is 3. The Balaban J connectivity index is 2.40. The molecule has 0 amide bonds. The molecular formula is C30H37F3N2O2. The lowest BCUT2D eigenvalue weighted by atomic mass is 10.0. The molecule has 0 aliphatic carbocycles. The number of hydrogen-bond donors (Lipinski definition) is 1. The second-order valence-electron chi connectivity index (χ2n) is 8.86. The van der Waals surface area contributed by atoms with E-state index in [1.165, 1.54) is 12.1 Å². The van der Waals surface area contributed by atoms with Crippen molar-refractivity contribution in [1.29, 1.82) is 0 Å². The Labute approximate surface area is 218 Å². The third kappa shape index (κ3) is 8.55. The van der Waals surface area contributed by atoms with Crippen molar-refractivity contribution in [3.05, 3.63) is 89.2 Å².